The summed E-state index contributed by atoms with van der Waals surface area (Å²) in [6, 6.07) is 5.46. The molecule has 3 rings (SSSR count). The van der Waals surface area contributed by atoms with E-state index in [2.05, 4.69) is 5.32 Å². The number of rotatable bonds is 1. The van der Waals surface area contributed by atoms with Gasteiger partial charge in [-0.25, -0.2) is 4.79 Å². The molecule has 1 aromatic carbocycles. The molecular formula is C10H10ClNO4. The maximum Gasteiger partial charge on any atom is 0.407 e. The van der Waals surface area contributed by atoms with Gasteiger partial charge in [-0.2, -0.15) is 0 Å². The van der Waals surface area contributed by atoms with E-state index in [-0.39, 0.29) is 25.2 Å². The number of cyclic esters (lactones) is 1. The zero-order chi connectivity index (χ0) is 10.3. The molecule has 1 atom stereocenters. The Bertz CT molecular complexity index is 423. The van der Waals surface area contributed by atoms with E-state index >= 15 is 0 Å². The zero-order valence-electron chi connectivity index (χ0n) is 8.26. The van der Waals surface area contributed by atoms with Crippen molar-refractivity contribution in [2.45, 2.75) is 6.04 Å². The van der Waals surface area contributed by atoms with Crippen LogP contribution in [0.25, 0.3) is 0 Å². The fourth-order valence-corrected chi connectivity index (χ4v) is 1.78. The van der Waals surface area contributed by atoms with Crippen LogP contribution in [0.5, 0.6) is 11.5 Å². The van der Waals surface area contributed by atoms with Gasteiger partial charge < -0.3 is 19.5 Å². The number of benzene rings is 1. The number of fused-ring (bicyclic) bond motifs is 1. The Balaban J connectivity index is 0.000000963. The topological polar surface area (TPSA) is 56.8 Å². The summed E-state index contributed by atoms with van der Waals surface area (Å²) in [5, 5.41) is 2.70. The van der Waals surface area contributed by atoms with E-state index in [1.165, 1.54) is 0 Å². The number of amides is 1. The highest BCUT2D eigenvalue weighted by Crippen LogP contribution is 2.39. The van der Waals surface area contributed by atoms with Gasteiger partial charge in [0.05, 0.1) is 6.04 Å². The minimum atomic E-state index is -0.392. The molecule has 0 unspecified atom stereocenters. The number of alkyl carbamates (subject to hydrolysis) is 1. The van der Waals surface area contributed by atoms with Crippen LogP contribution in [-0.4, -0.2) is 19.5 Å². The molecule has 1 amide bonds. The summed E-state index contributed by atoms with van der Waals surface area (Å²) >= 11 is 0. The molecule has 0 saturated carbocycles. The highest BCUT2D eigenvalue weighted by atomic mass is 35.5. The molecule has 2 heterocycles. The van der Waals surface area contributed by atoms with Crippen molar-refractivity contribution in [1.82, 2.24) is 5.32 Å². The fourth-order valence-electron chi connectivity index (χ4n) is 1.78. The number of carbonyl (C=O) groups is 1. The highest BCUT2D eigenvalue weighted by molar-refractivity contribution is 5.85. The van der Waals surface area contributed by atoms with Crippen LogP contribution >= 0.6 is 12.4 Å². The molecule has 1 fully saturated rings. The van der Waals surface area contributed by atoms with Crippen molar-refractivity contribution in [3.05, 3.63) is 23.8 Å². The van der Waals surface area contributed by atoms with Gasteiger partial charge >= 0.3 is 6.09 Å². The normalized spacial score (nSPS) is 21.0. The van der Waals surface area contributed by atoms with Crippen molar-refractivity contribution in [1.29, 1.82) is 0 Å². The second kappa shape index (κ2) is 4.09. The molecule has 1 N–H and O–H groups in total. The zero-order valence-corrected chi connectivity index (χ0v) is 9.08. The smallest absolute Gasteiger partial charge is 0.407 e. The predicted octanol–water partition coefficient (Wildman–Crippen LogP) is 1.62. The Morgan fingerprint density at radius 2 is 2.12 bits per heavy atom. The minimum Gasteiger partial charge on any atom is -0.454 e. The van der Waals surface area contributed by atoms with Gasteiger partial charge in [-0.3, -0.25) is 0 Å². The highest BCUT2D eigenvalue weighted by Gasteiger charge is 2.29. The van der Waals surface area contributed by atoms with Crippen molar-refractivity contribution >= 4 is 18.5 Å². The number of nitrogens with one attached hydrogen (secondary N) is 1. The van der Waals surface area contributed by atoms with Gasteiger partial charge in [0.1, 0.15) is 6.61 Å². The molecule has 0 aliphatic carbocycles. The lowest BCUT2D eigenvalue weighted by Gasteiger charge is -2.10. The third-order valence-corrected chi connectivity index (χ3v) is 2.48. The van der Waals surface area contributed by atoms with E-state index in [9.17, 15) is 4.79 Å². The maximum absolute atomic E-state index is 10.9. The predicted molar refractivity (Wildman–Crippen MR) is 57.0 cm³/mol. The first kappa shape index (κ1) is 10.9. The Labute approximate surface area is 98.1 Å². The van der Waals surface area contributed by atoms with Crippen molar-refractivity contribution in [3.63, 3.8) is 0 Å². The van der Waals surface area contributed by atoms with Gasteiger partial charge in [0.25, 0.3) is 0 Å². The van der Waals surface area contributed by atoms with E-state index in [1.807, 2.05) is 18.2 Å². The largest absolute Gasteiger partial charge is 0.454 e. The number of ether oxygens (including phenoxy) is 3. The Kier molecular flexibility index (Phi) is 2.78. The lowest BCUT2D eigenvalue weighted by Crippen LogP contribution is -2.18. The summed E-state index contributed by atoms with van der Waals surface area (Å²) < 4.78 is 15.4. The van der Waals surface area contributed by atoms with Crippen LogP contribution in [0, 0.1) is 0 Å². The van der Waals surface area contributed by atoms with Crippen LogP contribution in [0.4, 0.5) is 4.79 Å². The van der Waals surface area contributed by atoms with E-state index in [4.69, 9.17) is 14.2 Å². The quantitative estimate of drug-likeness (QED) is 0.814. The molecule has 2 aliphatic rings. The molecule has 0 bridgehead atoms. The minimum absolute atomic E-state index is 0. The Morgan fingerprint density at radius 3 is 2.88 bits per heavy atom. The van der Waals surface area contributed by atoms with Crippen LogP contribution in [0.1, 0.15) is 11.6 Å². The lowest BCUT2D eigenvalue weighted by atomic mass is 10.1. The second-order valence-electron chi connectivity index (χ2n) is 3.38. The van der Waals surface area contributed by atoms with E-state index in [0.29, 0.717) is 18.1 Å². The van der Waals surface area contributed by atoms with E-state index in [0.717, 1.165) is 5.56 Å². The standard InChI is InChI=1S/C10H9NO4.ClH/c12-10-11-7(4-13-10)6-2-1-3-8-9(6)15-5-14-8;/h1-3,7H,4-5H2,(H,11,12);1H/t7-;/m1./s1. The summed E-state index contributed by atoms with van der Waals surface area (Å²) in [5.41, 5.74) is 0.899. The number of hydrogen-bond acceptors (Lipinski definition) is 4. The first-order valence-electron chi connectivity index (χ1n) is 4.66. The Morgan fingerprint density at radius 1 is 1.25 bits per heavy atom. The van der Waals surface area contributed by atoms with Gasteiger partial charge in [-0.15, -0.1) is 12.4 Å². The van der Waals surface area contributed by atoms with Gasteiger partial charge in [-0.05, 0) is 6.07 Å². The molecule has 1 aromatic rings. The Hall–Kier alpha value is -1.62. The van der Waals surface area contributed by atoms with Crippen molar-refractivity contribution in [2.24, 2.45) is 0 Å². The van der Waals surface area contributed by atoms with Crippen LogP contribution in [0.3, 0.4) is 0 Å². The number of carbonyl (C=O) groups excluding carboxylic acids is 1. The summed E-state index contributed by atoms with van der Waals surface area (Å²) in [4.78, 5) is 10.9. The first-order valence-corrected chi connectivity index (χ1v) is 4.66. The fraction of sp³-hybridized carbons (Fsp3) is 0.300. The third kappa shape index (κ3) is 1.63. The molecular weight excluding hydrogens is 234 g/mol. The van der Waals surface area contributed by atoms with Crippen molar-refractivity contribution in [2.75, 3.05) is 13.4 Å². The van der Waals surface area contributed by atoms with Crippen LogP contribution in [-0.2, 0) is 4.74 Å². The molecule has 1 saturated heterocycles. The van der Waals surface area contributed by atoms with Crippen molar-refractivity contribution < 1.29 is 19.0 Å². The molecule has 86 valence electrons. The van der Waals surface area contributed by atoms with Gasteiger partial charge in [0.15, 0.2) is 11.5 Å². The van der Waals surface area contributed by atoms with Crippen LogP contribution in [0.15, 0.2) is 18.2 Å². The summed E-state index contributed by atoms with van der Waals surface area (Å²) in [6.45, 7) is 0.562. The van der Waals surface area contributed by atoms with Gasteiger partial charge in [-0.1, -0.05) is 12.1 Å². The molecule has 0 aromatic heterocycles. The molecule has 2 aliphatic heterocycles. The van der Waals surface area contributed by atoms with Crippen LogP contribution < -0.4 is 14.8 Å². The first-order chi connectivity index (χ1) is 7.34. The monoisotopic (exact) mass is 243 g/mol. The number of halogens is 1. The molecule has 0 radical (unpaired) electrons. The summed E-state index contributed by atoms with van der Waals surface area (Å²) in [5.74, 6) is 1.42. The average Bonchev–Trinajstić information content (AvgIpc) is 2.84. The van der Waals surface area contributed by atoms with Gasteiger partial charge in [0, 0.05) is 5.56 Å². The molecule has 6 heteroatoms. The number of para-hydroxylation sites is 1. The maximum atomic E-state index is 10.9. The summed E-state index contributed by atoms with van der Waals surface area (Å²) in [6.07, 6.45) is -0.392. The number of hydrogen-bond donors (Lipinski definition) is 1. The second-order valence-corrected chi connectivity index (χ2v) is 3.38. The molecule has 0 spiro atoms. The van der Waals surface area contributed by atoms with E-state index in [1.54, 1.807) is 0 Å². The average molecular weight is 244 g/mol. The van der Waals surface area contributed by atoms with Crippen LogP contribution in [0.2, 0.25) is 0 Å². The van der Waals surface area contributed by atoms with Gasteiger partial charge in [0.2, 0.25) is 6.79 Å². The third-order valence-electron chi connectivity index (χ3n) is 2.48. The van der Waals surface area contributed by atoms with Crippen molar-refractivity contribution in [3.8, 4) is 11.5 Å². The molecule has 5 nitrogen and oxygen atoms in total. The molecule has 16 heavy (non-hydrogen) atoms. The van der Waals surface area contributed by atoms with E-state index < -0.39 is 6.09 Å². The lowest BCUT2D eigenvalue weighted by molar-refractivity contribution is 0.171. The summed E-state index contributed by atoms with van der Waals surface area (Å²) in [7, 11) is 0. The SMILES string of the molecule is Cl.O=C1N[C@@H](c2cccc3c2OCO3)CO1.